The highest BCUT2D eigenvalue weighted by Gasteiger charge is 2.25. The number of azo groups is 1. The molecule has 0 N–H and O–H groups in total. The van der Waals surface area contributed by atoms with Crippen LogP contribution in [0.25, 0.3) is 38.8 Å². The van der Waals surface area contributed by atoms with Crippen LogP contribution >= 0.6 is 0 Å². The maximum Gasteiger partial charge on any atom is 0.422 e. The van der Waals surface area contributed by atoms with Gasteiger partial charge in [-0.25, -0.2) is 9.13 Å². The first-order valence-electron chi connectivity index (χ1n) is 11.1. The van der Waals surface area contributed by atoms with Crippen LogP contribution in [0.5, 0.6) is 0 Å². The lowest BCUT2D eigenvalue weighted by Gasteiger charge is -2.03. The zero-order valence-corrected chi connectivity index (χ0v) is 19.2. The number of benzene rings is 3. The molecule has 6 rings (SSSR count). The van der Waals surface area contributed by atoms with Crippen molar-refractivity contribution in [3.8, 4) is 11.1 Å². The molecule has 3 aromatic heterocycles. The second-order valence-electron chi connectivity index (χ2n) is 8.50. The van der Waals surface area contributed by atoms with E-state index in [0.29, 0.717) is 0 Å². The van der Waals surface area contributed by atoms with Crippen molar-refractivity contribution in [2.45, 2.75) is 6.92 Å². The van der Waals surface area contributed by atoms with Crippen LogP contribution in [0.2, 0.25) is 0 Å². The quantitative estimate of drug-likeness (QED) is 0.238. The Kier molecular flexibility index (Phi) is 4.23. The second kappa shape index (κ2) is 7.17. The SMILES string of the molecule is Cc1c(-c2ccccc2)c(/N=N/c2n(C)c3ccccc3[n+]2C)n2c3ccccc3n(C)c12. The van der Waals surface area contributed by atoms with Crippen LogP contribution in [-0.4, -0.2) is 13.5 Å². The monoisotopic (exact) mass is 433 g/mol. The van der Waals surface area contributed by atoms with E-state index in [1.165, 1.54) is 11.1 Å². The van der Waals surface area contributed by atoms with Gasteiger partial charge in [0.2, 0.25) is 0 Å². The van der Waals surface area contributed by atoms with Crippen LogP contribution in [0.1, 0.15) is 5.56 Å². The molecule has 6 nitrogen and oxygen atoms in total. The molecule has 0 amide bonds. The Morgan fingerprint density at radius 1 is 0.697 bits per heavy atom. The van der Waals surface area contributed by atoms with Gasteiger partial charge in [0.1, 0.15) is 16.7 Å². The molecule has 0 bridgehead atoms. The number of nitrogens with zero attached hydrogens (tertiary/aromatic N) is 6. The van der Waals surface area contributed by atoms with Crippen molar-refractivity contribution >= 4 is 39.5 Å². The standard InChI is InChI=1S/C27H25N6/c1-18-24(19-12-6-5-7-13-19)25(33-23-17-11-10-16-22(23)30(2)26(18)33)28-29-27-31(3)20-14-8-9-15-21(20)32(27)4/h5-17H,1-4H3/q+1. The van der Waals surface area contributed by atoms with Crippen LogP contribution in [0.15, 0.2) is 89.1 Å². The van der Waals surface area contributed by atoms with E-state index in [2.05, 4.69) is 92.7 Å². The Bertz CT molecular complexity index is 1660. The Labute approximate surface area is 191 Å². The minimum atomic E-state index is 0.794. The minimum absolute atomic E-state index is 0.794. The number of hydrogen-bond donors (Lipinski definition) is 0. The van der Waals surface area contributed by atoms with Gasteiger partial charge in [0.15, 0.2) is 5.82 Å². The van der Waals surface area contributed by atoms with E-state index in [1.54, 1.807) is 0 Å². The van der Waals surface area contributed by atoms with Crippen molar-refractivity contribution in [3.05, 3.63) is 84.4 Å². The highest BCUT2D eigenvalue weighted by molar-refractivity contribution is 5.93. The topological polar surface area (TPSA) is 42.9 Å². The van der Waals surface area contributed by atoms with Gasteiger partial charge in [0.25, 0.3) is 0 Å². The molecular weight excluding hydrogens is 408 g/mol. The van der Waals surface area contributed by atoms with Crippen molar-refractivity contribution in [2.24, 2.45) is 31.4 Å². The zero-order chi connectivity index (χ0) is 22.7. The molecule has 6 aromatic rings. The summed E-state index contributed by atoms with van der Waals surface area (Å²) in [4.78, 5) is 0. The summed E-state index contributed by atoms with van der Waals surface area (Å²) in [6.07, 6.45) is 0. The number of aryl methyl sites for hydroxylation is 4. The lowest BCUT2D eigenvalue weighted by Crippen LogP contribution is -2.26. The van der Waals surface area contributed by atoms with Crippen molar-refractivity contribution in [2.75, 3.05) is 0 Å². The number of rotatable bonds is 3. The molecule has 3 aromatic carbocycles. The summed E-state index contributed by atoms with van der Waals surface area (Å²) in [6, 6.07) is 27.2. The highest BCUT2D eigenvalue weighted by atomic mass is 15.3. The van der Waals surface area contributed by atoms with Crippen molar-refractivity contribution in [3.63, 3.8) is 0 Å². The molecule has 3 heterocycles. The summed E-state index contributed by atoms with van der Waals surface area (Å²) in [6.45, 7) is 2.17. The second-order valence-corrected chi connectivity index (χ2v) is 8.50. The number of imidazole rings is 2. The van der Waals surface area contributed by atoms with Gasteiger partial charge in [0.05, 0.1) is 25.1 Å². The summed E-state index contributed by atoms with van der Waals surface area (Å²) in [5, 5.41) is 9.71. The molecule has 0 saturated heterocycles. The van der Waals surface area contributed by atoms with Crippen LogP contribution in [0, 0.1) is 6.92 Å². The first kappa shape index (κ1) is 19.5. The predicted molar refractivity (Wildman–Crippen MR) is 132 cm³/mol. The number of fused-ring (bicyclic) bond motifs is 4. The summed E-state index contributed by atoms with van der Waals surface area (Å²) in [7, 11) is 6.18. The third kappa shape index (κ3) is 2.70. The van der Waals surface area contributed by atoms with Gasteiger partial charge in [-0.3, -0.25) is 4.40 Å². The molecule has 0 saturated carbocycles. The third-order valence-electron chi connectivity index (χ3n) is 6.66. The summed E-state index contributed by atoms with van der Waals surface area (Å²) < 4.78 is 8.65. The summed E-state index contributed by atoms with van der Waals surface area (Å²) >= 11 is 0. The summed E-state index contributed by atoms with van der Waals surface area (Å²) in [5.41, 5.74) is 9.10. The molecule has 0 unspecified atom stereocenters. The van der Waals surface area contributed by atoms with Crippen molar-refractivity contribution < 1.29 is 4.57 Å². The normalized spacial score (nSPS) is 12.1. The van der Waals surface area contributed by atoms with Gasteiger partial charge in [-0.2, -0.15) is 0 Å². The fourth-order valence-electron chi connectivity index (χ4n) is 5.08. The third-order valence-corrected chi connectivity index (χ3v) is 6.66. The predicted octanol–water partition coefficient (Wildman–Crippen LogP) is 6.14. The zero-order valence-electron chi connectivity index (χ0n) is 19.2. The fraction of sp³-hybridized carbons (Fsp3) is 0.148. The molecule has 6 heteroatoms. The van der Waals surface area contributed by atoms with Crippen molar-refractivity contribution in [1.82, 2.24) is 13.5 Å². The molecule has 0 spiro atoms. The van der Waals surface area contributed by atoms with Gasteiger partial charge in [-0.05, 0) is 36.8 Å². The van der Waals surface area contributed by atoms with Crippen molar-refractivity contribution in [1.29, 1.82) is 0 Å². The van der Waals surface area contributed by atoms with Crippen LogP contribution in [-0.2, 0) is 21.1 Å². The molecule has 0 aliphatic heterocycles. The van der Waals surface area contributed by atoms with E-state index in [1.807, 2.05) is 32.3 Å². The Hall–Kier alpha value is -4.19. The molecule has 0 aliphatic rings. The minimum Gasteiger partial charge on any atom is -0.329 e. The molecule has 0 atom stereocenters. The molecule has 0 radical (unpaired) electrons. The largest absolute Gasteiger partial charge is 0.422 e. The van der Waals surface area contributed by atoms with Gasteiger partial charge in [0, 0.05) is 23.3 Å². The first-order chi connectivity index (χ1) is 16.1. The average molecular weight is 434 g/mol. The highest BCUT2D eigenvalue weighted by Crippen LogP contribution is 2.41. The Morgan fingerprint density at radius 2 is 1.33 bits per heavy atom. The number of para-hydroxylation sites is 4. The Morgan fingerprint density at radius 3 is 2.06 bits per heavy atom. The van der Waals surface area contributed by atoms with Gasteiger partial charge in [-0.15, -0.1) is 0 Å². The lowest BCUT2D eigenvalue weighted by molar-refractivity contribution is -0.632. The average Bonchev–Trinajstić information content (AvgIpc) is 3.40. The molecular formula is C27H25N6+. The lowest BCUT2D eigenvalue weighted by atomic mass is 10.0. The first-order valence-corrected chi connectivity index (χ1v) is 11.1. The maximum absolute atomic E-state index is 4.92. The van der Waals surface area contributed by atoms with Gasteiger partial charge in [-0.1, -0.05) is 59.7 Å². The Balaban J connectivity index is 1.68. The van der Waals surface area contributed by atoms with E-state index < -0.39 is 0 Å². The van der Waals surface area contributed by atoms with E-state index in [9.17, 15) is 0 Å². The van der Waals surface area contributed by atoms with Gasteiger partial charge < -0.3 is 4.57 Å². The van der Waals surface area contributed by atoms with Crippen LogP contribution in [0.4, 0.5) is 11.8 Å². The molecule has 33 heavy (non-hydrogen) atoms. The summed E-state index contributed by atoms with van der Waals surface area (Å²) in [5.74, 6) is 1.64. The fourth-order valence-corrected chi connectivity index (χ4v) is 5.08. The van der Waals surface area contributed by atoms with E-state index in [-0.39, 0.29) is 0 Å². The van der Waals surface area contributed by atoms with Crippen LogP contribution in [0.3, 0.4) is 0 Å². The smallest absolute Gasteiger partial charge is 0.329 e. The molecule has 162 valence electrons. The molecule has 0 fully saturated rings. The van der Waals surface area contributed by atoms with E-state index in [4.69, 9.17) is 10.2 Å². The van der Waals surface area contributed by atoms with Crippen LogP contribution < -0.4 is 4.57 Å². The number of aromatic nitrogens is 4. The number of hydrogen-bond acceptors (Lipinski definition) is 2. The van der Waals surface area contributed by atoms with Gasteiger partial charge >= 0.3 is 5.95 Å². The maximum atomic E-state index is 4.92. The molecule has 0 aliphatic carbocycles. The van der Waals surface area contributed by atoms with E-state index in [0.717, 1.165) is 45.1 Å². The van der Waals surface area contributed by atoms with E-state index >= 15 is 0 Å².